The molecule has 2 saturated heterocycles. The van der Waals surface area contributed by atoms with Gasteiger partial charge in [-0.15, -0.1) is 0 Å². The highest BCUT2D eigenvalue weighted by atomic mass is 32.2. The van der Waals surface area contributed by atoms with Gasteiger partial charge in [-0.1, -0.05) is 6.92 Å². The van der Waals surface area contributed by atoms with Gasteiger partial charge in [0.1, 0.15) is 17.2 Å². The molecule has 4 heterocycles. The number of aromatic amines is 1. The van der Waals surface area contributed by atoms with Crippen molar-refractivity contribution in [3.8, 4) is 5.75 Å². The van der Waals surface area contributed by atoms with Gasteiger partial charge in [-0.05, 0) is 44.4 Å². The summed E-state index contributed by atoms with van der Waals surface area (Å²) in [5.74, 6) is 1.51. The summed E-state index contributed by atoms with van der Waals surface area (Å²) in [6.07, 6.45) is 4.42. The van der Waals surface area contributed by atoms with Crippen LogP contribution in [0.2, 0.25) is 0 Å². The minimum Gasteiger partial charge on any atom is -0.495 e. The molecule has 2 fully saturated rings. The maximum atomic E-state index is 13.5. The number of aromatic nitrogens is 3. The lowest BCUT2D eigenvalue weighted by Gasteiger charge is -2.39. The third kappa shape index (κ3) is 5.58. The van der Waals surface area contributed by atoms with Crippen molar-refractivity contribution in [1.82, 2.24) is 24.2 Å². The van der Waals surface area contributed by atoms with Crippen molar-refractivity contribution in [1.29, 1.82) is 0 Å². The van der Waals surface area contributed by atoms with E-state index in [0.717, 1.165) is 56.8 Å². The number of rotatable bonds is 9. The van der Waals surface area contributed by atoms with Crippen molar-refractivity contribution in [3.05, 3.63) is 30.5 Å². The summed E-state index contributed by atoms with van der Waals surface area (Å²) in [4.78, 5) is 15.0. The Morgan fingerprint density at radius 2 is 1.92 bits per heavy atom. The van der Waals surface area contributed by atoms with E-state index in [0.29, 0.717) is 42.2 Å². The number of morpholine rings is 1. The second-order valence-electron chi connectivity index (χ2n) is 9.86. The number of hydrogen-bond donors (Lipinski definition) is 3. The predicted molar refractivity (Wildman–Crippen MR) is 148 cm³/mol. The molecular weight excluding hydrogens is 506 g/mol. The van der Waals surface area contributed by atoms with E-state index in [1.165, 1.54) is 7.11 Å². The summed E-state index contributed by atoms with van der Waals surface area (Å²) in [5.41, 5.74) is 1.28. The maximum Gasteiger partial charge on any atom is 0.243 e. The Bertz CT molecular complexity index is 1350. The van der Waals surface area contributed by atoms with Gasteiger partial charge in [0.25, 0.3) is 0 Å². The van der Waals surface area contributed by atoms with Crippen molar-refractivity contribution in [2.45, 2.75) is 50.1 Å². The minimum atomic E-state index is -3.65. The van der Waals surface area contributed by atoms with E-state index in [1.807, 2.05) is 12.3 Å². The van der Waals surface area contributed by atoms with E-state index in [2.05, 4.69) is 44.3 Å². The quantitative estimate of drug-likeness (QED) is 0.372. The Hall–Kier alpha value is -2.93. The molecular formula is C26H37N7O4S. The number of anilines is 3. The van der Waals surface area contributed by atoms with Crippen LogP contribution in [-0.4, -0.2) is 91.2 Å². The second-order valence-corrected chi connectivity index (χ2v) is 11.8. The van der Waals surface area contributed by atoms with Gasteiger partial charge in [-0.2, -0.15) is 14.3 Å². The number of benzene rings is 1. The van der Waals surface area contributed by atoms with Gasteiger partial charge in [0.05, 0.1) is 36.3 Å². The molecule has 0 amide bonds. The molecule has 2 aliphatic heterocycles. The Morgan fingerprint density at radius 3 is 2.63 bits per heavy atom. The maximum absolute atomic E-state index is 13.5. The lowest BCUT2D eigenvalue weighted by molar-refractivity contribution is 0.00610. The van der Waals surface area contributed by atoms with E-state index in [4.69, 9.17) is 9.47 Å². The van der Waals surface area contributed by atoms with Crippen molar-refractivity contribution >= 4 is 38.5 Å². The highest BCUT2D eigenvalue weighted by molar-refractivity contribution is 7.89. The number of sulfonamides is 1. The number of H-pyrrole nitrogens is 1. The first kappa shape index (κ1) is 26.7. The van der Waals surface area contributed by atoms with Crippen molar-refractivity contribution in [2.75, 3.05) is 57.1 Å². The summed E-state index contributed by atoms with van der Waals surface area (Å²) < 4.78 is 39.6. The van der Waals surface area contributed by atoms with Crippen LogP contribution in [-0.2, 0) is 14.8 Å². The summed E-state index contributed by atoms with van der Waals surface area (Å²) in [6.45, 7) is 8.54. The van der Waals surface area contributed by atoms with Gasteiger partial charge in [0.2, 0.25) is 16.0 Å². The van der Waals surface area contributed by atoms with Gasteiger partial charge in [-0.3, -0.25) is 4.90 Å². The number of piperidine rings is 1. The van der Waals surface area contributed by atoms with E-state index >= 15 is 0 Å². The number of methoxy groups -OCH3 is 1. The zero-order chi connectivity index (χ0) is 26.7. The molecule has 0 bridgehead atoms. The van der Waals surface area contributed by atoms with Crippen LogP contribution >= 0.6 is 0 Å². The first-order chi connectivity index (χ1) is 18.4. The average Bonchev–Trinajstić information content (AvgIpc) is 3.43. The molecule has 38 heavy (non-hydrogen) atoms. The molecule has 11 nitrogen and oxygen atoms in total. The van der Waals surface area contributed by atoms with Crippen LogP contribution in [0.25, 0.3) is 11.0 Å². The van der Waals surface area contributed by atoms with Crippen molar-refractivity contribution in [3.63, 3.8) is 0 Å². The largest absolute Gasteiger partial charge is 0.495 e. The van der Waals surface area contributed by atoms with E-state index < -0.39 is 10.0 Å². The first-order valence-electron chi connectivity index (χ1n) is 13.3. The smallest absolute Gasteiger partial charge is 0.243 e. The van der Waals surface area contributed by atoms with Crippen molar-refractivity contribution in [2.24, 2.45) is 0 Å². The zero-order valence-corrected chi connectivity index (χ0v) is 23.1. The number of ether oxygens (including phenoxy) is 2. The summed E-state index contributed by atoms with van der Waals surface area (Å²) in [5, 5.41) is 7.54. The molecule has 3 N–H and O–H groups in total. The molecule has 2 aliphatic rings. The molecule has 0 spiro atoms. The summed E-state index contributed by atoms with van der Waals surface area (Å²) >= 11 is 0. The van der Waals surface area contributed by atoms with Crippen LogP contribution < -0.4 is 15.4 Å². The summed E-state index contributed by atoms with van der Waals surface area (Å²) in [6, 6.07) is 7.47. The van der Waals surface area contributed by atoms with Crippen LogP contribution in [0.3, 0.4) is 0 Å². The fourth-order valence-corrected chi connectivity index (χ4v) is 6.52. The standard InChI is InChI=1S/C26H37N7O4S/c1-4-18(2)28-25-21-7-10-27-24(21)30-26(31-25)29-22-6-5-20(17-23(22)36-3)38(34,35)33-11-8-19(9-12-33)32-13-15-37-16-14-32/h5-7,10,17-19H,4,8-9,11-16H2,1-3H3,(H3,27,28,29,30,31)/t18-/m1/s1. The van der Waals surface area contributed by atoms with E-state index in [-0.39, 0.29) is 10.9 Å². The zero-order valence-electron chi connectivity index (χ0n) is 22.2. The van der Waals surface area contributed by atoms with E-state index in [1.54, 1.807) is 22.5 Å². The van der Waals surface area contributed by atoms with Crippen LogP contribution in [0.1, 0.15) is 33.1 Å². The number of nitrogens with one attached hydrogen (secondary N) is 3. The second kappa shape index (κ2) is 11.4. The topological polar surface area (TPSA) is 125 Å². The van der Waals surface area contributed by atoms with Crippen molar-refractivity contribution < 1.29 is 17.9 Å². The third-order valence-electron chi connectivity index (χ3n) is 7.45. The SMILES string of the molecule is CC[C@@H](C)Nc1nc(Nc2ccc(S(=O)(=O)N3CCC(N4CCOCC4)CC3)cc2OC)nc2[nH]ccc12. The third-order valence-corrected chi connectivity index (χ3v) is 9.35. The first-order valence-corrected chi connectivity index (χ1v) is 14.7. The molecule has 1 atom stereocenters. The number of hydrogen-bond acceptors (Lipinski definition) is 9. The highest BCUT2D eigenvalue weighted by Crippen LogP contribution is 2.33. The summed E-state index contributed by atoms with van der Waals surface area (Å²) in [7, 11) is -2.12. The Morgan fingerprint density at radius 1 is 1.16 bits per heavy atom. The molecule has 0 unspecified atom stereocenters. The normalized spacial score (nSPS) is 18.9. The monoisotopic (exact) mass is 543 g/mol. The molecule has 0 radical (unpaired) electrons. The Kier molecular flexibility index (Phi) is 8.03. The molecule has 2 aromatic heterocycles. The molecule has 0 aliphatic carbocycles. The van der Waals surface area contributed by atoms with Gasteiger partial charge >= 0.3 is 0 Å². The molecule has 0 saturated carbocycles. The minimum absolute atomic E-state index is 0.213. The Balaban J connectivity index is 1.32. The van der Waals surface area contributed by atoms with E-state index in [9.17, 15) is 8.42 Å². The molecule has 206 valence electrons. The molecule has 5 rings (SSSR count). The Labute approximate surface area is 224 Å². The highest BCUT2D eigenvalue weighted by Gasteiger charge is 2.32. The molecule has 12 heteroatoms. The van der Waals surface area contributed by atoms with Crippen LogP contribution in [0.4, 0.5) is 17.5 Å². The predicted octanol–water partition coefficient (Wildman–Crippen LogP) is 3.41. The number of nitrogens with zero attached hydrogens (tertiary/aromatic N) is 4. The average molecular weight is 544 g/mol. The van der Waals surface area contributed by atoms with Crippen LogP contribution in [0.5, 0.6) is 5.75 Å². The lowest BCUT2D eigenvalue weighted by atomic mass is 10.0. The van der Waals surface area contributed by atoms with Gasteiger partial charge < -0.3 is 25.1 Å². The van der Waals surface area contributed by atoms with Crippen LogP contribution in [0, 0.1) is 0 Å². The fourth-order valence-electron chi connectivity index (χ4n) is 5.04. The lowest BCUT2D eigenvalue weighted by Crippen LogP contribution is -2.50. The molecule has 3 aromatic rings. The fraction of sp³-hybridized carbons (Fsp3) is 0.538. The van der Waals surface area contributed by atoms with Gasteiger partial charge in [0, 0.05) is 50.5 Å². The molecule has 1 aromatic carbocycles. The van der Waals surface area contributed by atoms with Gasteiger partial charge in [-0.25, -0.2) is 8.42 Å². The van der Waals surface area contributed by atoms with Crippen LogP contribution in [0.15, 0.2) is 35.4 Å². The number of fused-ring (bicyclic) bond motifs is 1. The van der Waals surface area contributed by atoms with Gasteiger partial charge in [0.15, 0.2) is 0 Å².